The van der Waals surface area contributed by atoms with Crippen LogP contribution in [-0.2, 0) is 4.79 Å². The fourth-order valence-corrected chi connectivity index (χ4v) is 1.16. The highest BCUT2D eigenvalue weighted by Crippen LogP contribution is 2.25. The molecule has 0 saturated carbocycles. The van der Waals surface area contributed by atoms with E-state index in [0.29, 0.717) is 5.56 Å². The monoisotopic (exact) mass is 224 g/mol. The molecule has 7 nitrogen and oxygen atoms in total. The summed E-state index contributed by atoms with van der Waals surface area (Å²) in [6.07, 6.45) is 1.43. The number of carbonyl (C=O) groups is 1. The summed E-state index contributed by atoms with van der Waals surface area (Å²) in [5.74, 6) is -0.547. The van der Waals surface area contributed by atoms with Crippen LogP contribution < -0.4 is 11.1 Å². The lowest BCUT2D eigenvalue weighted by Gasteiger charge is -2.11. The number of nitro groups is 1. The van der Waals surface area contributed by atoms with Crippen molar-refractivity contribution in [3.05, 3.63) is 27.9 Å². The fourth-order valence-electron chi connectivity index (χ4n) is 1.16. The zero-order valence-corrected chi connectivity index (χ0v) is 8.93. The minimum Gasteiger partial charge on any atom is -0.368 e. The molecule has 1 atom stereocenters. The van der Waals surface area contributed by atoms with Crippen LogP contribution in [0.4, 0.5) is 11.5 Å². The lowest BCUT2D eigenvalue weighted by molar-refractivity contribution is -0.384. The number of primary amides is 1. The maximum atomic E-state index is 10.8. The predicted molar refractivity (Wildman–Crippen MR) is 57.9 cm³/mol. The van der Waals surface area contributed by atoms with Crippen LogP contribution in [0.2, 0.25) is 0 Å². The van der Waals surface area contributed by atoms with E-state index in [1.807, 2.05) is 0 Å². The van der Waals surface area contributed by atoms with Gasteiger partial charge in [0.25, 0.3) is 0 Å². The highest BCUT2D eigenvalue weighted by Gasteiger charge is 2.21. The number of amides is 1. The van der Waals surface area contributed by atoms with Crippen molar-refractivity contribution in [2.75, 3.05) is 5.32 Å². The summed E-state index contributed by atoms with van der Waals surface area (Å²) in [6, 6.07) is 0.811. The van der Waals surface area contributed by atoms with Crippen LogP contribution in [0, 0.1) is 17.0 Å². The third-order valence-corrected chi connectivity index (χ3v) is 2.09. The van der Waals surface area contributed by atoms with Crippen LogP contribution in [0.5, 0.6) is 0 Å². The second-order valence-corrected chi connectivity index (χ2v) is 3.35. The normalized spacial score (nSPS) is 11.9. The van der Waals surface area contributed by atoms with E-state index in [0.717, 1.165) is 0 Å². The van der Waals surface area contributed by atoms with E-state index in [1.54, 1.807) is 6.92 Å². The third-order valence-electron chi connectivity index (χ3n) is 2.09. The zero-order valence-electron chi connectivity index (χ0n) is 8.93. The molecule has 0 bridgehead atoms. The van der Waals surface area contributed by atoms with Gasteiger partial charge in [0.05, 0.1) is 4.92 Å². The Morgan fingerprint density at radius 3 is 2.81 bits per heavy atom. The van der Waals surface area contributed by atoms with Gasteiger partial charge in [-0.25, -0.2) is 4.98 Å². The quantitative estimate of drug-likeness (QED) is 0.574. The molecular weight excluding hydrogens is 212 g/mol. The van der Waals surface area contributed by atoms with Crippen LogP contribution in [0.25, 0.3) is 0 Å². The number of anilines is 1. The van der Waals surface area contributed by atoms with Crippen molar-refractivity contribution in [3.8, 4) is 0 Å². The molecule has 0 radical (unpaired) electrons. The number of nitrogens with one attached hydrogen (secondary N) is 1. The van der Waals surface area contributed by atoms with Gasteiger partial charge in [0.15, 0.2) is 0 Å². The molecule has 0 spiro atoms. The lowest BCUT2D eigenvalue weighted by Crippen LogP contribution is -2.33. The summed E-state index contributed by atoms with van der Waals surface area (Å²) in [7, 11) is 0. The number of nitrogens with zero attached hydrogens (tertiary/aromatic N) is 2. The van der Waals surface area contributed by atoms with Crippen LogP contribution in [0.3, 0.4) is 0 Å². The van der Waals surface area contributed by atoms with Crippen LogP contribution in [0.15, 0.2) is 12.3 Å². The van der Waals surface area contributed by atoms with Crippen LogP contribution >= 0.6 is 0 Å². The first-order chi connectivity index (χ1) is 7.43. The first kappa shape index (κ1) is 11.9. The Labute approximate surface area is 91.8 Å². The SMILES string of the molecule is Cc1ccnc(NC(C)C(N)=O)c1[N+](=O)[O-]. The average molecular weight is 224 g/mol. The molecule has 3 N–H and O–H groups in total. The Morgan fingerprint density at radius 1 is 1.69 bits per heavy atom. The summed E-state index contributed by atoms with van der Waals surface area (Å²) >= 11 is 0. The first-order valence-corrected chi connectivity index (χ1v) is 4.59. The van der Waals surface area contributed by atoms with Crippen LogP contribution in [-0.4, -0.2) is 21.9 Å². The molecule has 86 valence electrons. The number of pyridine rings is 1. The number of nitrogens with two attached hydrogens (primary N) is 1. The first-order valence-electron chi connectivity index (χ1n) is 4.59. The summed E-state index contributed by atoms with van der Waals surface area (Å²) in [5.41, 5.74) is 5.38. The molecule has 0 saturated heterocycles. The molecule has 0 aromatic carbocycles. The van der Waals surface area contributed by atoms with Gasteiger partial charge in [-0.3, -0.25) is 14.9 Å². The molecule has 16 heavy (non-hydrogen) atoms. The third kappa shape index (κ3) is 2.44. The van der Waals surface area contributed by atoms with Crippen molar-refractivity contribution in [1.82, 2.24) is 4.98 Å². The van der Waals surface area contributed by atoms with Crippen molar-refractivity contribution in [2.45, 2.75) is 19.9 Å². The fraction of sp³-hybridized carbons (Fsp3) is 0.333. The van der Waals surface area contributed by atoms with E-state index in [1.165, 1.54) is 19.2 Å². The second-order valence-electron chi connectivity index (χ2n) is 3.35. The van der Waals surface area contributed by atoms with Gasteiger partial charge in [-0.1, -0.05) is 0 Å². The van der Waals surface area contributed by atoms with Crippen LogP contribution in [0.1, 0.15) is 12.5 Å². The van der Waals surface area contributed by atoms with Gasteiger partial charge in [-0.05, 0) is 19.9 Å². The van der Waals surface area contributed by atoms with Crippen molar-refractivity contribution >= 4 is 17.4 Å². The number of hydrogen-bond donors (Lipinski definition) is 2. The van der Waals surface area contributed by atoms with E-state index < -0.39 is 16.9 Å². The topological polar surface area (TPSA) is 111 Å². The minimum atomic E-state index is -0.715. The van der Waals surface area contributed by atoms with E-state index in [2.05, 4.69) is 10.3 Å². The summed E-state index contributed by atoms with van der Waals surface area (Å²) in [4.78, 5) is 24.9. The molecule has 0 fully saturated rings. The van der Waals surface area contributed by atoms with Gasteiger partial charge in [0.1, 0.15) is 6.04 Å². The summed E-state index contributed by atoms with van der Waals surface area (Å²) in [6.45, 7) is 3.11. The van der Waals surface area contributed by atoms with Crippen molar-refractivity contribution in [2.24, 2.45) is 5.73 Å². The maximum absolute atomic E-state index is 10.8. The largest absolute Gasteiger partial charge is 0.368 e. The Bertz CT molecular complexity index is 433. The average Bonchev–Trinajstić information content (AvgIpc) is 2.16. The van der Waals surface area contributed by atoms with Gasteiger partial charge in [0, 0.05) is 11.8 Å². The van der Waals surface area contributed by atoms with E-state index in [9.17, 15) is 14.9 Å². The number of rotatable bonds is 4. The minimum absolute atomic E-state index is 0.0521. The highest BCUT2D eigenvalue weighted by atomic mass is 16.6. The van der Waals surface area contributed by atoms with Gasteiger partial charge in [-0.2, -0.15) is 0 Å². The number of hydrogen-bond acceptors (Lipinski definition) is 5. The van der Waals surface area contributed by atoms with Gasteiger partial charge in [-0.15, -0.1) is 0 Å². The zero-order chi connectivity index (χ0) is 12.3. The molecule has 1 heterocycles. The smallest absolute Gasteiger partial charge is 0.314 e. The molecule has 0 aliphatic carbocycles. The molecule has 1 aromatic rings. The van der Waals surface area contributed by atoms with Gasteiger partial charge < -0.3 is 11.1 Å². The lowest BCUT2D eigenvalue weighted by atomic mass is 10.2. The Morgan fingerprint density at radius 2 is 2.31 bits per heavy atom. The molecule has 1 amide bonds. The molecule has 7 heteroatoms. The number of carbonyl (C=O) groups excluding carboxylic acids is 1. The Kier molecular flexibility index (Phi) is 3.39. The van der Waals surface area contributed by atoms with Crippen molar-refractivity contribution < 1.29 is 9.72 Å². The molecular formula is C9H12N4O3. The van der Waals surface area contributed by atoms with Crippen molar-refractivity contribution in [1.29, 1.82) is 0 Å². The highest BCUT2D eigenvalue weighted by molar-refractivity contribution is 5.83. The predicted octanol–water partition coefficient (Wildman–Crippen LogP) is 0.584. The van der Waals surface area contributed by atoms with Gasteiger partial charge in [0.2, 0.25) is 11.7 Å². The van der Waals surface area contributed by atoms with E-state index >= 15 is 0 Å². The van der Waals surface area contributed by atoms with E-state index in [-0.39, 0.29) is 11.5 Å². The Balaban J connectivity index is 3.09. The molecule has 0 aliphatic rings. The molecule has 1 rings (SSSR count). The molecule has 1 unspecified atom stereocenters. The van der Waals surface area contributed by atoms with Crippen molar-refractivity contribution in [3.63, 3.8) is 0 Å². The number of aromatic nitrogens is 1. The second kappa shape index (κ2) is 4.56. The maximum Gasteiger partial charge on any atom is 0.314 e. The molecule has 0 aliphatic heterocycles. The molecule has 1 aromatic heterocycles. The Hall–Kier alpha value is -2.18. The van der Waals surface area contributed by atoms with Gasteiger partial charge >= 0.3 is 5.69 Å². The number of aryl methyl sites for hydroxylation is 1. The van der Waals surface area contributed by atoms with E-state index in [4.69, 9.17) is 5.73 Å². The summed E-state index contributed by atoms with van der Waals surface area (Å²) < 4.78 is 0. The standard InChI is InChI=1S/C9H12N4O3/c1-5-3-4-11-9(7(5)13(15)16)12-6(2)8(10)14/h3-4,6H,1-2H3,(H2,10,14)(H,11,12). The summed E-state index contributed by atoms with van der Waals surface area (Å²) in [5, 5.41) is 13.4.